The molecule has 0 aromatic heterocycles. The minimum absolute atomic E-state index is 0.333. The number of carbonyl (C=O) groups is 2. The van der Waals surface area contributed by atoms with Crippen molar-refractivity contribution in [1.82, 2.24) is 5.32 Å². The molecule has 4 heteroatoms. The van der Waals surface area contributed by atoms with Gasteiger partial charge in [0, 0.05) is 5.56 Å². The molecule has 0 heterocycles. The van der Waals surface area contributed by atoms with Crippen LogP contribution in [0.3, 0.4) is 0 Å². The third-order valence-electron chi connectivity index (χ3n) is 2.65. The van der Waals surface area contributed by atoms with Crippen molar-refractivity contribution >= 4 is 11.9 Å². The Morgan fingerprint density at radius 3 is 2.53 bits per heavy atom. The lowest BCUT2D eigenvalue weighted by molar-refractivity contribution is -0.139. The minimum Gasteiger partial charge on any atom is -0.480 e. The Balaban J connectivity index is 2.89. The molecule has 17 heavy (non-hydrogen) atoms. The first-order valence-electron chi connectivity index (χ1n) is 5.56. The fraction of sp³-hybridized carbons (Fsp3) is 0.385. The summed E-state index contributed by atoms with van der Waals surface area (Å²) in [4.78, 5) is 22.8. The van der Waals surface area contributed by atoms with Crippen LogP contribution in [0.4, 0.5) is 0 Å². The van der Waals surface area contributed by atoms with Gasteiger partial charge in [-0.2, -0.15) is 0 Å². The molecular formula is C13H17NO3. The summed E-state index contributed by atoms with van der Waals surface area (Å²) in [7, 11) is 0. The van der Waals surface area contributed by atoms with Crippen LogP contribution >= 0.6 is 0 Å². The van der Waals surface area contributed by atoms with Gasteiger partial charge in [-0.25, -0.2) is 4.79 Å². The lowest BCUT2D eigenvalue weighted by Gasteiger charge is -2.13. The van der Waals surface area contributed by atoms with E-state index in [4.69, 9.17) is 5.11 Å². The number of aryl methyl sites for hydroxylation is 2. The van der Waals surface area contributed by atoms with Gasteiger partial charge in [0.15, 0.2) is 0 Å². The van der Waals surface area contributed by atoms with Crippen LogP contribution in [0, 0.1) is 13.8 Å². The van der Waals surface area contributed by atoms with Gasteiger partial charge in [-0.15, -0.1) is 0 Å². The van der Waals surface area contributed by atoms with Crippen LogP contribution in [0.15, 0.2) is 18.2 Å². The number of carbonyl (C=O) groups excluding carboxylic acids is 1. The molecule has 1 aromatic rings. The van der Waals surface area contributed by atoms with Gasteiger partial charge in [-0.3, -0.25) is 4.79 Å². The van der Waals surface area contributed by atoms with Gasteiger partial charge in [0.1, 0.15) is 6.04 Å². The summed E-state index contributed by atoms with van der Waals surface area (Å²) in [5, 5.41) is 11.4. The van der Waals surface area contributed by atoms with E-state index in [2.05, 4.69) is 5.32 Å². The summed E-state index contributed by atoms with van der Waals surface area (Å²) in [5.41, 5.74) is 2.35. The highest BCUT2D eigenvalue weighted by molar-refractivity contribution is 5.97. The van der Waals surface area contributed by atoms with Crippen molar-refractivity contribution in [2.45, 2.75) is 33.2 Å². The number of benzene rings is 1. The topological polar surface area (TPSA) is 66.4 Å². The van der Waals surface area contributed by atoms with E-state index >= 15 is 0 Å². The van der Waals surface area contributed by atoms with E-state index < -0.39 is 12.0 Å². The highest BCUT2D eigenvalue weighted by atomic mass is 16.4. The molecule has 1 atom stereocenters. The highest BCUT2D eigenvalue weighted by Crippen LogP contribution is 2.11. The first kappa shape index (κ1) is 13.2. The highest BCUT2D eigenvalue weighted by Gasteiger charge is 2.19. The van der Waals surface area contributed by atoms with Gasteiger partial charge in [0.05, 0.1) is 0 Å². The lowest BCUT2D eigenvalue weighted by Crippen LogP contribution is -2.40. The summed E-state index contributed by atoms with van der Waals surface area (Å²) in [6.45, 7) is 5.45. The molecule has 1 rings (SSSR count). The van der Waals surface area contributed by atoms with Crippen LogP contribution in [0.25, 0.3) is 0 Å². The fourth-order valence-corrected chi connectivity index (χ4v) is 1.55. The summed E-state index contributed by atoms with van der Waals surface area (Å²) in [6.07, 6.45) is 0.367. The number of carboxylic acids is 1. The molecule has 0 radical (unpaired) electrons. The second-order valence-corrected chi connectivity index (χ2v) is 4.09. The van der Waals surface area contributed by atoms with Crippen molar-refractivity contribution in [3.05, 3.63) is 34.9 Å². The van der Waals surface area contributed by atoms with Gasteiger partial charge in [0.25, 0.3) is 5.91 Å². The Bertz CT molecular complexity index is 440. The van der Waals surface area contributed by atoms with Gasteiger partial charge in [-0.05, 0) is 31.9 Å². The number of nitrogens with one attached hydrogen (secondary N) is 1. The maximum atomic E-state index is 11.9. The predicted octanol–water partition coefficient (Wildman–Crippen LogP) is 1.90. The molecule has 0 fully saturated rings. The van der Waals surface area contributed by atoms with E-state index in [0.717, 1.165) is 11.1 Å². The van der Waals surface area contributed by atoms with E-state index in [1.54, 1.807) is 13.0 Å². The van der Waals surface area contributed by atoms with Crippen LogP contribution in [0.2, 0.25) is 0 Å². The number of aliphatic carboxylic acids is 1. The van der Waals surface area contributed by atoms with Crippen molar-refractivity contribution in [2.24, 2.45) is 0 Å². The van der Waals surface area contributed by atoms with E-state index in [1.165, 1.54) is 0 Å². The lowest BCUT2D eigenvalue weighted by atomic mass is 10.0. The van der Waals surface area contributed by atoms with Crippen molar-refractivity contribution in [2.75, 3.05) is 0 Å². The molecule has 1 amide bonds. The molecule has 2 N–H and O–H groups in total. The molecule has 92 valence electrons. The Kier molecular flexibility index (Phi) is 4.26. The number of carboxylic acid groups (broad SMARTS) is 1. The summed E-state index contributed by atoms with van der Waals surface area (Å²) < 4.78 is 0. The maximum absolute atomic E-state index is 11.9. The Morgan fingerprint density at radius 1 is 1.35 bits per heavy atom. The van der Waals surface area contributed by atoms with Gasteiger partial charge in [-0.1, -0.05) is 24.6 Å². The van der Waals surface area contributed by atoms with Crippen molar-refractivity contribution in [1.29, 1.82) is 0 Å². The Labute approximate surface area is 101 Å². The zero-order valence-corrected chi connectivity index (χ0v) is 10.3. The SMILES string of the molecule is CC[C@H](NC(=O)c1cc(C)ccc1C)C(=O)O. The monoisotopic (exact) mass is 235 g/mol. The normalized spacial score (nSPS) is 11.9. The van der Waals surface area contributed by atoms with Gasteiger partial charge in [0.2, 0.25) is 0 Å². The second kappa shape index (κ2) is 5.48. The maximum Gasteiger partial charge on any atom is 0.326 e. The number of hydrogen-bond donors (Lipinski definition) is 2. The van der Waals surface area contributed by atoms with Crippen LogP contribution in [-0.2, 0) is 4.79 Å². The number of rotatable bonds is 4. The third-order valence-corrected chi connectivity index (χ3v) is 2.65. The summed E-state index contributed by atoms with van der Waals surface area (Å²) in [6, 6.07) is 4.70. The van der Waals surface area contributed by atoms with Crippen molar-refractivity contribution < 1.29 is 14.7 Å². The summed E-state index contributed by atoms with van der Waals surface area (Å²) >= 11 is 0. The van der Waals surface area contributed by atoms with E-state index in [-0.39, 0.29) is 5.91 Å². The van der Waals surface area contributed by atoms with Crippen LogP contribution < -0.4 is 5.32 Å². The average Bonchev–Trinajstić information content (AvgIpc) is 2.28. The molecule has 0 unspecified atom stereocenters. The number of hydrogen-bond acceptors (Lipinski definition) is 2. The molecule has 0 aliphatic rings. The van der Waals surface area contributed by atoms with Crippen LogP contribution in [0.1, 0.15) is 34.8 Å². The quantitative estimate of drug-likeness (QED) is 0.837. The molecular weight excluding hydrogens is 218 g/mol. The zero-order valence-electron chi connectivity index (χ0n) is 10.3. The molecule has 0 aliphatic carbocycles. The molecule has 0 saturated carbocycles. The first-order chi connectivity index (χ1) is 7.95. The Morgan fingerprint density at radius 2 is 2.00 bits per heavy atom. The number of amides is 1. The van der Waals surface area contributed by atoms with E-state index in [0.29, 0.717) is 12.0 Å². The molecule has 1 aromatic carbocycles. The van der Waals surface area contributed by atoms with Gasteiger partial charge >= 0.3 is 5.97 Å². The summed E-state index contributed by atoms with van der Waals surface area (Å²) in [5.74, 6) is -1.34. The molecule has 0 spiro atoms. The third kappa shape index (κ3) is 3.31. The van der Waals surface area contributed by atoms with Gasteiger partial charge < -0.3 is 10.4 Å². The molecule has 0 saturated heterocycles. The minimum atomic E-state index is -1.01. The largest absolute Gasteiger partial charge is 0.480 e. The zero-order chi connectivity index (χ0) is 13.0. The van der Waals surface area contributed by atoms with E-state index in [9.17, 15) is 9.59 Å². The van der Waals surface area contributed by atoms with E-state index in [1.807, 2.05) is 26.0 Å². The molecule has 0 aliphatic heterocycles. The van der Waals surface area contributed by atoms with Crippen molar-refractivity contribution in [3.8, 4) is 0 Å². The standard InChI is InChI=1S/C13H17NO3/c1-4-11(13(16)17)14-12(15)10-7-8(2)5-6-9(10)3/h5-7,11H,4H2,1-3H3,(H,14,15)(H,16,17)/t11-/m0/s1. The van der Waals surface area contributed by atoms with Crippen molar-refractivity contribution in [3.63, 3.8) is 0 Å². The average molecular weight is 235 g/mol. The molecule has 4 nitrogen and oxygen atoms in total. The fourth-order valence-electron chi connectivity index (χ4n) is 1.55. The molecule has 0 bridgehead atoms. The Hall–Kier alpha value is -1.84. The smallest absolute Gasteiger partial charge is 0.326 e. The first-order valence-corrected chi connectivity index (χ1v) is 5.56. The van der Waals surface area contributed by atoms with Crippen LogP contribution in [-0.4, -0.2) is 23.0 Å². The van der Waals surface area contributed by atoms with Crippen LogP contribution in [0.5, 0.6) is 0 Å². The predicted molar refractivity (Wildman–Crippen MR) is 65.1 cm³/mol. The second-order valence-electron chi connectivity index (χ2n) is 4.09.